The van der Waals surface area contributed by atoms with Crippen LogP contribution >= 0.6 is 0 Å². The fourth-order valence-corrected chi connectivity index (χ4v) is 2.18. The Morgan fingerprint density at radius 3 is 3.11 bits per heavy atom. The zero-order valence-electron chi connectivity index (χ0n) is 10.3. The number of likely N-dealkylation sites (tertiary alicyclic amines) is 1. The summed E-state index contributed by atoms with van der Waals surface area (Å²) < 4.78 is 5.10. The second-order valence-corrected chi connectivity index (χ2v) is 4.17. The van der Waals surface area contributed by atoms with Crippen molar-refractivity contribution in [2.45, 2.75) is 19.0 Å². The Morgan fingerprint density at radius 2 is 2.39 bits per heavy atom. The van der Waals surface area contributed by atoms with Gasteiger partial charge in [-0.25, -0.2) is 0 Å². The molecule has 1 heterocycles. The van der Waals surface area contributed by atoms with Gasteiger partial charge < -0.3 is 15.0 Å². The Kier molecular flexibility index (Phi) is 3.82. The van der Waals surface area contributed by atoms with Crippen molar-refractivity contribution in [3.63, 3.8) is 0 Å². The van der Waals surface area contributed by atoms with E-state index in [1.165, 1.54) is 0 Å². The number of hydrogen-bond donors (Lipinski definition) is 1. The summed E-state index contributed by atoms with van der Waals surface area (Å²) in [6, 6.07) is 7.03. The number of rotatable bonds is 4. The number of carbonyl (C=O) groups excluding carboxylic acids is 2. The van der Waals surface area contributed by atoms with Crippen molar-refractivity contribution in [3.8, 4) is 5.75 Å². The van der Waals surface area contributed by atoms with E-state index in [9.17, 15) is 9.59 Å². The van der Waals surface area contributed by atoms with Crippen molar-refractivity contribution in [3.05, 3.63) is 29.8 Å². The second-order valence-electron chi connectivity index (χ2n) is 4.17. The molecule has 1 aliphatic heterocycles. The minimum absolute atomic E-state index is 0.0780. The summed E-state index contributed by atoms with van der Waals surface area (Å²) in [5.41, 5.74) is 0.578. The van der Waals surface area contributed by atoms with Crippen molar-refractivity contribution in [1.29, 1.82) is 0 Å². The van der Waals surface area contributed by atoms with E-state index in [0.29, 0.717) is 24.3 Å². The Morgan fingerprint density at radius 1 is 1.56 bits per heavy atom. The van der Waals surface area contributed by atoms with Gasteiger partial charge in [0, 0.05) is 12.1 Å². The van der Waals surface area contributed by atoms with E-state index in [1.54, 1.807) is 36.3 Å². The molecule has 1 unspecified atom stereocenters. The van der Waals surface area contributed by atoms with E-state index in [4.69, 9.17) is 4.74 Å². The number of ether oxygens (including phenoxy) is 1. The average molecular weight is 248 g/mol. The van der Waals surface area contributed by atoms with Crippen LogP contribution in [0.1, 0.15) is 23.2 Å². The summed E-state index contributed by atoms with van der Waals surface area (Å²) >= 11 is 0. The SMILES string of the molecule is COc1cccc(C(=O)N2CCCC2NC=O)c1. The summed E-state index contributed by atoms with van der Waals surface area (Å²) in [6.45, 7) is 0.668. The van der Waals surface area contributed by atoms with Gasteiger partial charge in [-0.1, -0.05) is 6.07 Å². The summed E-state index contributed by atoms with van der Waals surface area (Å²) in [5, 5.41) is 2.67. The fourth-order valence-electron chi connectivity index (χ4n) is 2.18. The molecule has 0 spiro atoms. The minimum atomic E-state index is -0.193. The van der Waals surface area contributed by atoms with Crippen LogP contribution in [0.3, 0.4) is 0 Å². The molecule has 0 bridgehead atoms. The molecule has 2 amide bonds. The summed E-state index contributed by atoms with van der Waals surface area (Å²) in [6.07, 6.45) is 2.15. The summed E-state index contributed by atoms with van der Waals surface area (Å²) in [7, 11) is 1.57. The van der Waals surface area contributed by atoms with Crippen LogP contribution in [-0.2, 0) is 4.79 Å². The van der Waals surface area contributed by atoms with Gasteiger partial charge in [0.1, 0.15) is 11.9 Å². The first-order chi connectivity index (χ1) is 8.76. The maximum Gasteiger partial charge on any atom is 0.255 e. The monoisotopic (exact) mass is 248 g/mol. The molecule has 1 fully saturated rings. The highest BCUT2D eigenvalue weighted by molar-refractivity contribution is 5.95. The number of carbonyl (C=O) groups is 2. The maximum atomic E-state index is 12.3. The molecular formula is C13H16N2O3. The molecule has 18 heavy (non-hydrogen) atoms. The molecule has 0 radical (unpaired) electrons. The Bertz CT molecular complexity index is 448. The first kappa shape index (κ1) is 12.4. The fraction of sp³-hybridized carbons (Fsp3) is 0.385. The molecule has 2 rings (SSSR count). The number of nitrogens with zero attached hydrogens (tertiary/aromatic N) is 1. The van der Waals surface area contributed by atoms with Crippen molar-refractivity contribution in [1.82, 2.24) is 10.2 Å². The highest BCUT2D eigenvalue weighted by Gasteiger charge is 2.28. The van der Waals surface area contributed by atoms with E-state index in [-0.39, 0.29) is 12.1 Å². The molecule has 0 saturated carbocycles. The van der Waals surface area contributed by atoms with Crippen LogP contribution in [0.4, 0.5) is 0 Å². The molecule has 1 atom stereocenters. The predicted octanol–water partition coefficient (Wildman–Crippen LogP) is 1.00. The topological polar surface area (TPSA) is 58.6 Å². The molecule has 1 aromatic rings. The maximum absolute atomic E-state index is 12.3. The van der Waals surface area contributed by atoms with Crippen molar-refractivity contribution in [2.75, 3.05) is 13.7 Å². The van der Waals surface area contributed by atoms with Crippen LogP contribution < -0.4 is 10.1 Å². The summed E-state index contributed by atoms with van der Waals surface area (Å²) in [4.78, 5) is 24.5. The number of nitrogens with one attached hydrogen (secondary N) is 1. The summed E-state index contributed by atoms with van der Waals surface area (Å²) in [5.74, 6) is 0.575. The van der Waals surface area contributed by atoms with E-state index in [1.807, 2.05) is 0 Å². The van der Waals surface area contributed by atoms with Crippen molar-refractivity contribution >= 4 is 12.3 Å². The normalized spacial score (nSPS) is 18.5. The largest absolute Gasteiger partial charge is 0.497 e. The number of hydrogen-bond acceptors (Lipinski definition) is 3. The molecule has 1 aliphatic rings. The van der Waals surface area contributed by atoms with Gasteiger partial charge in [0.25, 0.3) is 5.91 Å². The first-order valence-corrected chi connectivity index (χ1v) is 5.91. The van der Waals surface area contributed by atoms with Gasteiger partial charge in [0.2, 0.25) is 6.41 Å². The second kappa shape index (κ2) is 5.53. The van der Waals surface area contributed by atoms with Gasteiger partial charge in [-0.15, -0.1) is 0 Å². The van der Waals surface area contributed by atoms with E-state index in [2.05, 4.69) is 5.32 Å². The smallest absolute Gasteiger partial charge is 0.255 e. The van der Waals surface area contributed by atoms with Crippen LogP contribution in [-0.4, -0.2) is 37.0 Å². The third-order valence-corrected chi connectivity index (χ3v) is 3.09. The highest BCUT2D eigenvalue weighted by Crippen LogP contribution is 2.20. The highest BCUT2D eigenvalue weighted by atomic mass is 16.5. The van der Waals surface area contributed by atoms with Gasteiger partial charge in [-0.05, 0) is 31.0 Å². The Balaban J connectivity index is 2.16. The quantitative estimate of drug-likeness (QED) is 0.809. The standard InChI is InChI=1S/C13H16N2O3/c1-18-11-5-2-4-10(8-11)13(17)15-7-3-6-12(15)14-9-16/h2,4-5,8-9,12H,3,6-7H2,1H3,(H,14,16). The van der Waals surface area contributed by atoms with Crippen LogP contribution in [0.2, 0.25) is 0 Å². The minimum Gasteiger partial charge on any atom is -0.497 e. The lowest BCUT2D eigenvalue weighted by atomic mass is 10.2. The molecule has 1 saturated heterocycles. The molecular weight excluding hydrogens is 232 g/mol. The van der Waals surface area contributed by atoms with Crippen LogP contribution in [0, 0.1) is 0 Å². The Labute approximate surface area is 106 Å². The van der Waals surface area contributed by atoms with E-state index < -0.39 is 0 Å². The van der Waals surface area contributed by atoms with Crippen molar-refractivity contribution < 1.29 is 14.3 Å². The molecule has 5 heteroatoms. The zero-order valence-corrected chi connectivity index (χ0v) is 10.3. The molecule has 0 aromatic heterocycles. The number of methoxy groups -OCH3 is 1. The third-order valence-electron chi connectivity index (χ3n) is 3.09. The van der Waals surface area contributed by atoms with Crippen LogP contribution in [0.5, 0.6) is 5.75 Å². The molecule has 0 aliphatic carbocycles. The van der Waals surface area contributed by atoms with Crippen LogP contribution in [0.25, 0.3) is 0 Å². The van der Waals surface area contributed by atoms with Gasteiger partial charge in [0.05, 0.1) is 7.11 Å². The lowest BCUT2D eigenvalue weighted by molar-refractivity contribution is -0.110. The van der Waals surface area contributed by atoms with E-state index >= 15 is 0 Å². The van der Waals surface area contributed by atoms with Gasteiger partial charge in [-0.3, -0.25) is 9.59 Å². The Hall–Kier alpha value is -2.04. The predicted molar refractivity (Wildman–Crippen MR) is 66.3 cm³/mol. The molecule has 1 N–H and O–H groups in total. The van der Waals surface area contributed by atoms with Gasteiger partial charge >= 0.3 is 0 Å². The van der Waals surface area contributed by atoms with Crippen LogP contribution in [0.15, 0.2) is 24.3 Å². The number of benzene rings is 1. The third kappa shape index (κ3) is 2.45. The molecule has 1 aromatic carbocycles. The zero-order chi connectivity index (χ0) is 13.0. The van der Waals surface area contributed by atoms with Gasteiger partial charge in [-0.2, -0.15) is 0 Å². The first-order valence-electron chi connectivity index (χ1n) is 5.91. The lowest BCUT2D eigenvalue weighted by Gasteiger charge is -2.24. The molecule has 96 valence electrons. The molecule has 5 nitrogen and oxygen atoms in total. The lowest BCUT2D eigenvalue weighted by Crippen LogP contribution is -2.44. The van der Waals surface area contributed by atoms with Crippen molar-refractivity contribution in [2.24, 2.45) is 0 Å². The number of amides is 2. The average Bonchev–Trinajstić information content (AvgIpc) is 2.86. The van der Waals surface area contributed by atoms with Gasteiger partial charge in [0.15, 0.2) is 0 Å². The van der Waals surface area contributed by atoms with E-state index in [0.717, 1.165) is 12.8 Å².